The Bertz CT molecular complexity index is 1780. The van der Waals surface area contributed by atoms with Crippen molar-refractivity contribution in [1.29, 1.82) is 0 Å². The number of likely N-dealkylation sites (tertiary alicyclic amines) is 1. The molecule has 8 nitrogen and oxygen atoms in total. The molecule has 0 radical (unpaired) electrons. The molecule has 0 aliphatic carbocycles. The SMILES string of the molecule is COc1ncc2c(Oc3cc(C)cc(CN4CCCCC4)c3)noc2c1C#Cc1cc(C)c2cnc(C)nc2c1. The van der Waals surface area contributed by atoms with Gasteiger partial charge in [0.2, 0.25) is 5.88 Å². The summed E-state index contributed by atoms with van der Waals surface area (Å²) in [4.78, 5) is 15.8. The quantitative estimate of drug-likeness (QED) is 0.244. The standard InChI is InChI=1S/C32H31N5O3/c1-20-12-24(19-37-10-6-5-7-11-37)15-25(13-20)39-32-28-18-34-31(38-4)26(30(28)40-36-32)9-8-23-14-21(2)27-17-33-22(3)35-29(27)16-23/h12-18H,5-7,10-11,19H2,1-4H3. The van der Waals surface area contributed by atoms with E-state index in [2.05, 4.69) is 55.9 Å². The van der Waals surface area contributed by atoms with Crippen LogP contribution < -0.4 is 9.47 Å². The zero-order chi connectivity index (χ0) is 27.6. The molecule has 0 unspecified atom stereocenters. The number of rotatable bonds is 5. The molecule has 4 heterocycles. The average molecular weight is 534 g/mol. The average Bonchev–Trinajstić information content (AvgIpc) is 3.34. The Balaban J connectivity index is 1.32. The van der Waals surface area contributed by atoms with Gasteiger partial charge >= 0.3 is 0 Å². The summed E-state index contributed by atoms with van der Waals surface area (Å²) in [7, 11) is 1.56. The minimum Gasteiger partial charge on any atom is -0.480 e. The lowest BCUT2D eigenvalue weighted by atomic mass is 10.1. The fraction of sp³-hybridized carbons (Fsp3) is 0.312. The molecule has 3 aromatic heterocycles. The number of aryl methyl sites for hydroxylation is 3. The fourth-order valence-electron chi connectivity index (χ4n) is 5.27. The molecule has 0 saturated carbocycles. The van der Waals surface area contributed by atoms with Crippen LogP contribution in [0, 0.1) is 32.6 Å². The number of ether oxygens (including phenoxy) is 2. The predicted octanol–water partition coefficient (Wildman–Crippen LogP) is 6.28. The van der Waals surface area contributed by atoms with E-state index in [1.807, 2.05) is 38.2 Å². The number of methoxy groups -OCH3 is 1. The van der Waals surface area contributed by atoms with Gasteiger partial charge in [-0.05, 0) is 92.8 Å². The zero-order valence-corrected chi connectivity index (χ0v) is 23.2. The highest BCUT2D eigenvalue weighted by Crippen LogP contribution is 2.34. The van der Waals surface area contributed by atoms with E-state index in [4.69, 9.17) is 14.0 Å². The van der Waals surface area contributed by atoms with Crippen molar-refractivity contribution in [3.05, 3.63) is 76.4 Å². The van der Waals surface area contributed by atoms with Crippen molar-refractivity contribution in [3.63, 3.8) is 0 Å². The van der Waals surface area contributed by atoms with Crippen molar-refractivity contribution in [2.75, 3.05) is 20.2 Å². The van der Waals surface area contributed by atoms with E-state index in [0.717, 1.165) is 53.0 Å². The molecule has 1 fully saturated rings. The first kappa shape index (κ1) is 25.8. The molecule has 5 aromatic rings. The predicted molar refractivity (Wildman–Crippen MR) is 154 cm³/mol. The Morgan fingerprint density at radius 1 is 0.900 bits per heavy atom. The summed E-state index contributed by atoms with van der Waals surface area (Å²) in [6, 6.07) is 10.3. The highest BCUT2D eigenvalue weighted by molar-refractivity contribution is 5.88. The normalized spacial score (nSPS) is 13.8. The second-order valence-corrected chi connectivity index (χ2v) is 10.4. The van der Waals surface area contributed by atoms with Gasteiger partial charge in [-0.15, -0.1) is 0 Å². The first-order chi connectivity index (χ1) is 19.5. The number of nitrogens with zero attached hydrogens (tertiary/aromatic N) is 5. The van der Waals surface area contributed by atoms with Crippen molar-refractivity contribution in [2.24, 2.45) is 0 Å². The zero-order valence-electron chi connectivity index (χ0n) is 23.2. The molecular weight excluding hydrogens is 502 g/mol. The molecule has 0 amide bonds. The van der Waals surface area contributed by atoms with Crippen LogP contribution >= 0.6 is 0 Å². The summed E-state index contributed by atoms with van der Waals surface area (Å²) in [5.74, 6) is 8.56. The van der Waals surface area contributed by atoms with Gasteiger partial charge in [0.15, 0.2) is 5.58 Å². The van der Waals surface area contributed by atoms with Gasteiger partial charge in [-0.1, -0.05) is 24.3 Å². The third-order valence-corrected chi connectivity index (χ3v) is 7.18. The van der Waals surface area contributed by atoms with Crippen molar-refractivity contribution in [3.8, 4) is 29.4 Å². The van der Waals surface area contributed by atoms with Gasteiger partial charge < -0.3 is 14.0 Å². The third kappa shape index (κ3) is 5.33. The van der Waals surface area contributed by atoms with Crippen LogP contribution in [0.2, 0.25) is 0 Å². The summed E-state index contributed by atoms with van der Waals surface area (Å²) in [5, 5.41) is 5.86. The molecule has 6 rings (SSSR count). The van der Waals surface area contributed by atoms with Crippen molar-refractivity contribution >= 4 is 21.9 Å². The second-order valence-electron chi connectivity index (χ2n) is 10.4. The summed E-state index contributed by atoms with van der Waals surface area (Å²) in [6.07, 6.45) is 7.33. The highest BCUT2D eigenvalue weighted by atomic mass is 16.5. The molecule has 0 N–H and O–H groups in total. The van der Waals surface area contributed by atoms with Crippen molar-refractivity contribution < 1.29 is 14.0 Å². The number of fused-ring (bicyclic) bond motifs is 2. The van der Waals surface area contributed by atoms with E-state index in [9.17, 15) is 0 Å². The van der Waals surface area contributed by atoms with Crippen LogP contribution in [-0.4, -0.2) is 45.2 Å². The summed E-state index contributed by atoms with van der Waals surface area (Å²) < 4.78 is 17.5. The summed E-state index contributed by atoms with van der Waals surface area (Å²) in [5.41, 5.74) is 6.06. The van der Waals surface area contributed by atoms with E-state index in [0.29, 0.717) is 34.1 Å². The molecule has 0 spiro atoms. The van der Waals surface area contributed by atoms with Crippen molar-refractivity contribution in [1.82, 2.24) is 25.0 Å². The Hall–Kier alpha value is -4.48. The lowest BCUT2D eigenvalue weighted by Crippen LogP contribution is -2.29. The van der Waals surface area contributed by atoms with Gasteiger partial charge in [-0.25, -0.2) is 15.0 Å². The second kappa shape index (κ2) is 10.9. The number of pyridine rings is 1. The number of piperidine rings is 1. The Kier molecular flexibility index (Phi) is 7.06. The number of aromatic nitrogens is 4. The van der Waals surface area contributed by atoms with Crippen LogP contribution in [0.15, 0.2) is 47.2 Å². The van der Waals surface area contributed by atoms with Crippen LogP contribution in [-0.2, 0) is 6.54 Å². The molecule has 40 heavy (non-hydrogen) atoms. The minimum atomic E-state index is 0.344. The molecule has 0 atom stereocenters. The Labute approximate surface area is 233 Å². The Morgan fingerprint density at radius 3 is 2.55 bits per heavy atom. The first-order valence-corrected chi connectivity index (χ1v) is 13.6. The maximum atomic E-state index is 6.24. The molecule has 2 aromatic carbocycles. The van der Waals surface area contributed by atoms with E-state index in [1.54, 1.807) is 13.3 Å². The Morgan fingerprint density at radius 2 is 1.73 bits per heavy atom. The maximum absolute atomic E-state index is 6.24. The number of hydrogen-bond acceptors (Lipinski definition) is 8. The van der Waals surface area contributed by atoms with Gasteiger partial charge in [0, 0.05) is 29.9 Å². The topological polar surface area (TPSA) is 86.4 Å². The van der Waals surface area contributed by atoms with Crippen LogP contribution in [0.3, 0.4) is 0 Å². The van der Waals surface area contributed by atoms with E-state index in [1.165, 1.54) is 24.8 Å². The molecule has 1 aliphatic heterocycles. The van der Waals surface area contributed by atoms with Gasteiger partial charge in [0.25, 0.3) is 5.88 Å². The van der Waals surface area contributed by atoms with Gasteiger partial charge in [0.05, 0.1) is 12.6 Å². The van der Waals surface area contributed by atoms with Crippen LogP contribution in [0.4, 0.5) is 0 Å². The lowest BCUT2D eigenvalue weighted by Gasteiger charge is -2.26. The fourth-order valence-corrected chi connectivity index (χ4v) is 5.27. The molecule has 1 aliphatic rings. The summed E-state index contributed by atoms with van der Waals surface area (Å²) in [6.45, 7) is 9.17. The smallest absolute Gasteiger partial charge is 0.269 e. The van der Waals surface area contributed by atoms with Crippen LogP contribution in [0.25, 0.3) is 21.9 Å². The van der Waals surface area contributed by atoms with Gasteiger partial charge in [-0.3, -0.25) is 4.90 Å². The number of hydrogen-bond donors (Lipinski definition) is 0. The molecule has 8 heteroatoms. The maximum Gasteiger partial charge on any atom is 0.269 e. The third-order valence-electron chi connectivity index (χ3n) is 7.18. The van der Waals surface area contributed by atoms with Crippen molar-refractivity contribution in [2.45, 2.75) is 46.6 Å². The van der Waals surface area contributed by atoms with Gasteiger partial charge in [0.1, 0.15) is 22.5 Å². The first-order valence-electron chi connectivity index (χ1n) is 13.6. The number of benzene rings is 2. The van der Waals surface area contributed by atoms with Gasteiger partial charge in [-0.2, -0.15) is 0 Å². The van der Waals surface area contributed by atoms with Crippen LogP contribution in [0.1, 0.15) is 52.9 Å². The molecular formula is C32H31N5O3. The minimum absolute atomic E-state index is 0.344. The lowest BCUT2D eigenvalue weighted by molar-refractivity contribution is 0.220. The summed E-state index contributed by atoms with van der Waals surface area (Å²) >= 11 is 0. The highest BCUT2D eigenvalue weighted by Gasteiger charge is 2.19. The molecule has 202 valence electrons. The largest absolute Gasteiger partial charge is 0.480 e. The van der Waals surface area contributed by atoms with E-state index in [-0.39, 0.29) is 0 Å². The van der Waals surface area contributed by atoms with E-state index < -0.39 is 0 Å². The van der Waals surface area contributed by atoms with Crippen LogP contribution in [0.5, 0.6) is 17.5 Å². The van der Waals surface area contributed by atoms with E-state index >= 15 is 0 Å². The molecule has 1 saturated heterocycles. The monoisotopic (exact) mass is 533 g/mol. The molecule has 0 bridgehead atoms.